The number of hydrogen-bond acceptors (Lipinski definition) is 5. The third-order valence-electron chi connectivity index (χ3n) is 3.19. The molecule has 0 aliphatic rings. The van der Waals surface area contributed by atoms with E-state index in [2.05, 4.69) is 20.2 Å². The molecule has 22 heavy (non-hydrogen) atoms. The number of carbonyl (C=O) groups excluding carboxylic acids is 1. The van der Waals surface area contributed by atoms with Crippen LogP contribution in [-0.2, 0) is 6.42 Å². The summed E-state index contributed by atoms with van der Waals surface area (Å²) in [4.78, 5) is 20.5. The second-order valence-electron chi connectivity index (χ2n) is 4.95. The molecule has 0 spiro atoms. The maximum Gasteiger partial charge on any atom is 0.187 e. The van der Waals surface area contributed by atoms with Crippen LogP contribution in [0.5, 0.6) is 0 Å². The van der Waals surface area contributed by atoms with E-state index < -0.39 is 0 Å². The Kier molecular flexibility index (Phi) is 3.96. The van der Waals surface area contributed by atoms with Crippen LogP contribution in [0.4, 0.5) is 0 Å². The van der Waals surface area contributed by atoms with Crippen molar-refractivity contribution in [3.05, 3.63) is 71.8 Å². The summed E-state index contributed by atoms with van der Waals surface area (Å²) in [6, 6.07) is 12.8. The van der Waals surface area contributed by atoms with E-state index in [9.17, 15) is 4.79 Å². The zero-order valence-corrected chi connectivity index (χ0v) is 12.1. The fourth-order valence-electron chi connectivity index (χ4n) is 1.99. The number of aryl methyl sites for hydroxylation is 1. The number of aromatic nitrogens is 4. The summed E-state index contributed by atoms with van der Waals surface area (Å²) in [7, 11) is 0. The predicted octanol–water partition coefficient (Wildman–Crippen LogP) is 2.67. The van der Waals surface area contributed by atoms with Crippen molar-refractivity contribution in [3.63, 3.8) is 0 Å². The minimum atomic E-state index is -0.0695. The molecule has 0 saturated carbocycles. The second kappa shape index (κ2) is 6.22. The van der Waals surface area contributed by atoms with E-state index >= 15 is 0 Å². The minimum absolute atomic E-state index is 0.0695. The molecule has 5 heteroatoms. The van der Waals surface area contributed by atoms with Crippen molar-refractivity contribution in [2.24, 2.45) is 0 Å². The van der Waals surface area contributed by atoms with E-state index in [1.165, 1.54) is 0 Å². The molecular formula is C17H14N4O. The Morgan fingerprint density at radius 1 is 0.955 bits per heavy atom. The molecule has 0 radical (unpaired) electrons. The number of pyridine rings is 2. The van der Waals surface area contributed by atoms with Crippen LogP contribution in [0.25, 0.3) is 11.4 Å². The van der Waals surface area contributed by atoms with Crippen LogP contribution in [0.15, 0.2) is 54.9 Å². The summed E-state index contributed by atoms with van der Waals surface area (Å²) in [6.07, 6.45) is 3.58. The van der Waals surface area contributed by atoms with Gasteiger partial charge in [-0.05, 0) is 42.8 Å². The molecule has 0 N–H and O–H groups in total. The van der Waals surface area contributed by atoms with Gasteiger partial charge in [-0.15, -0.1) is 5.10 Å². The highest BCUT2D eigenvalue weighted by atomic mass is 16.1. The fourth-order valence-corrected chi connectivity index (χ4v) is 1.99. The summed E-state index contributed by atoms with van der Waals surface area (Å²) in [5, 5.41) is 8.22. The summed E-state index contributed by atoms with van der Waals surface area (Å²) in [5.74, 6) is -0.0695. The van der Waals surface area contributed by atoms with Crippen LogP contribution < -0.4 is 0 Å². The Balaban J connectivity index is 1.73. The normalized spacial score (nSPS) is 10.4. The average molecular weight is 290 g/mol. The number of Topliss-reactive ketones (excluding diaryl/α,β-unsaturated/α-hetero) is 1. The third-order valence-corrected chi connectivity index (χ3v) is 3.19. The molecule has 3 heterocycles. The van der Waals surface area contributed by atoms with E-state index in [4.69, 9.17) is 0 Å². The first-order chi connectivity index (χ1) is 10.7. The van der Waals surface area contributed by atoms with Gasteiger partial charge in [-0.3, -0.25) is 14.8 Å². The number of nitrogens with zero attached hydrogens (tertiary/aromatic N) is 4. The number of hydrogen-bond donors (Lipinski definition) is 0. The quantitative estimate of drug-likeness (QED) is 0.691. The smallest absolute Gasteiger partial charge is 0.187 e. The molecule has 0 aromatic carbocycles. The molecule has 3 rings (SSSR count). The molecule has 108 valence electrons. The third kappa shape index (κ3) is 3.20. The summed E-state index contributed by atoms with van der Waals surface area (Å²) < 4.78 is 0. The summed E-state index contributed by atoms with van der Waals surface area (Å²) in [6.45, 7) is 1.93. The molecule has 0 amide bonds. The van der Waals surface area contributed by atoms with E-state index in [-0.39, 0.29) is 12.2 Å². The SMILES string of the molecule is Cc1ccc(C(=O)Cc2ccc(-c3ccccn3)nn2)nc1. The van der Waals surface area contributed by atoms with Gasteiger partial charge in [0.2, 0.25) is 0 Å². The lowest BCUT2D eigenvalue weighted by atomic mass is 10.1. The van der Waals surface area contributed by atoms with Crippen molar-refractivity contribution in [2.75, 3.05) is 0 Å². The van der Waals surface area contributed by atoms with Gasteiger partial charge in [-0.1, -0.05) is 12.1 Å². The van der Waals surface area contributed by atoms with Crippen LogP contribution in [0.3, 0.4) is 0 Å². The Morgan fingerprint density at radius 3 is 2.50 bits per heavy atom. The first-order valence-corrected chi connectivity index (χ1v) is 6.92. The van der Waals surface area contributed by atoms with Gasteiger partial charge in [0.25, 0.3) is 0 Å². The maximum absolute atomic E-state index is 12.1. The van der Waals surface area contributed by atoms with E-state index in [1.807, 2.05) is 37.3 Å². The summed E-state index contributed by atoms with van der Waals surface area (Å²) >= 11 is 0. The Bertz CT molecular complexity index is 768. The van der Waals surface area contributed by atoms with Gasteiger partial charge < -0.3 is 0 Å². The van der Waals surface area contributed by atoms with Crippen molar-refractivity contribution in [1.29, 1.82) is 0 Å². The van der Waals surface area contributed by atoms with Gasteiger partial charge in [-0.2, -0.15) is 5.10 Å². The van der Waals surface area contributed by atoms with Crippen LogP contribution in [0.2, 0.25) is 0 Å². The van der Waals surface area contributed by atoms with E-state index in [0.29, 0.717) is 17.1 Å². The molecule has 0 aliphatic carbocycles. The van der Waals surface area contributed by atoms with Gasteiger partial charge in [0, 0.05) is 12.4 Å². The molecule has 0 bridgehead atoms. The average Bonchev–Trinajstić information content (AvgIpc) is 2.57. The maximum atomic E-state index is 12.1. The predicted molar refractivity (Wildman–Crippen MR) is 82.3 cm³/mol. The van der Waals surface area contributed by atoms with Crippen molar-refractivity contribution in [2.45, 2.75) is 13.3 Å². The Hall–Kier alpha value is -2.95. The topological polar surface area (TPSA) is 68.6 Å². The molecule has 0 fully saturated rings. The summed E-state index contributed by atoms with van der Waals surface area (Å²) in [5.41, 5.74) is 3.53. The van der Waals surface area contributed by atoms with Crippen LogP contribution in [-0.4, -0.2) is 25.9 Å². The van der Waals surface area contributed by atoms with Crippen molar-refractivity contribution < 1.29 is 4.79 Å². The largest absolute Gasteiger partial charge is 0.292 e. The number of rotatable bonds is 4. The van der Waals surface area contributed by atoms with Crippen LogP contribution in [0, 0.1) is 6.92 Å². The molecule has 5 nitrogen and oxygen atoms in total. The van der Waals surface area contributed by atoms with E-state index in [0.717, 1.165) is 11.3 Å². The van der Waals surface area contributed by atoms with Gasteiger partial charge in [0.05, 0.1) is 17.8 Å². The van der Waals surface area contributed by atoms with Crippen molar-refractivity contribution >= 4 is 5.78 Å². The lowest BCUT2D eigenvalue weighted by Crippen LogP contribution is -2.08. The van der Waals surface area contributed by atoms with E-state index in [1.54, 1.807) is 24.5 Å². The second-order valence-corrected chi connectivity index (χ2v) is 4.95. The van der Waals surface area contributed by atoms with Crippen molar-refractivity contribution in [3.8, 4) is 11.4 Å². The molecule has 3 aromatic rings. The molecule has 0 unspecified atom stereocenters. The van der Waals surface area contributed by atoms with Crippen molar-refractivity contribution in [1.82, 2.24) is 20.2 Å². The van der Waals surface area contributed by atoms with Crippen LogP contribution >= 0.6 is 0 Å². The minimum Gasteiger partial charge on any atom is -0.292 e. The Morgan fingerprint density at radius 2 is 1.86 bits per heavy atom. The number of carbonyl (C=O) groups is 1. The molecule has 0 atom stereocenters. The lowest BCUT2D eigenvalue weighted by Gasteiger charge is -2.02. The standard InChI is InChI=1S/C17H14N4O/c1-12-5-7-16(19-11-12)17(22)10-13-6-8-15(21-20-13)14-4-2-3-9-18-14/h2-9,11H,10H2,1H3. The zero-order chi connectivity index (χ0) is 15.4. The lowest BCUT2D eigenvalue weighted by molar-refractivity contribution is 0.0987. The first kappa shape index (κ1) is 14.0. The monoisotopic (exact) mass is 290 g/mol. The fraction of sp³-hybridized carbons (Fsp3) is 0.118. The van der Waals surface area contributed by atoms with Crippen LogP contribution in [0.1, 0.15) is 21.7 Å². The highest BCUT2D eigenvalue weighted by molar-refractivity contribution is 5.95. The highest BCUT2D eigenvalue weighted by Crippen LogP contribution is 2.12. The zero-order valence-electron chi connectivity index (χ0n) is 12.1. The highest BCUT2D eigenvalue weighted by Gasteiger charge is 2.10. The molecule has 0 saturated heterocycles. The molecule has 0 aliphatic heterocycles. The molecular weight excluding hydrogens is 276 g/mol. The van der Waals surface area contributed by atoms with Gasteiger partial charge in [-0.25, -0.2) is 0 Å². The Labute approximate surface area is 128 Å². The van der Waals surface area contributed by atoms with Gasteiger partial charge in [0.15, 0.2) is 5.78 Å². The molecule has 3 aromatic heterocycles. The van der Waals surface area contributed by atoms with Gasteiger partial charge >= 0.3 is 0 Å². The van der Waals surface area contributed by atoms with Gasteiger partial charge in [0.1, 0.15) is 11.4 Å². The number of ketones is 1. The first-order valence-electron chi connectivity index (χ1n) is 6.92.